The molecule has 0 aromatic heterocycles. The van der Waals surface area contributed by atoms with Crippen LogP contribution in [0.2, 0.25) is 0 Å². The fraction of sp³-hybridized carbons (Fsp3) is 0.406. The van der Waals surface area contributed by atoms with Crippen LogP contribution in [-0.4, -0.2) is 69.7 Å². The molecule has 6 rings (SSSR count). The number of hydrogen-bond donors (Lipinski definition) is 1. The zero-order chi connectivity index (χ0) is 30.3. The largest absolute Gasteiger partial charge is 0.778 e. The Hall–Kier alpha value is -3.28. The Morgan fingerprint density at radius 2 is 1.86 bits per heavy atom. The smallest absolute Gasteiger partial charge is 0.234 e. The Kier molecular flexibility index (Phi) is 8.32. The molecule has 2 aromatic rings. The summed E-state index contributed by atoms with van der Waals surface area (Å²) >= 11 is 12.0. The van der Waals surface area contributed by atoms with Crippen LogP contribution in [0.4, 0.5) is 5.69 Å². The minimum absolute atomic E-state index is 0.194. The van der Waals surface area contributed by atoms with Crippen molar-refractivity contribution < 1.29 is 17.9 Å². The van der Waals surface area contributed by atoms with Gasteiger partial charge in [-0.2, -0.15) is 4.91 Å². The summed E-state index contributed by atoms with van der Waals surface area (Å²) in [6.07, 6.45) is 8.40. The summed E-state index contributed by atoms with van der Waals surface area (Å²) in [5.41, 5.74) is 6.41. The van der Waals surface area contributed by atoms with Crippen LogP contribution in [0, 0.1) is 0 Å². The summed E-state index contributed by atoms with van der Waals surface area (Å²) < 4.78 is 35.3. The number of benzene rings is 2. The first kappa shape index (κ1) is 29.8. The number of nitrogens with zero attached hydrogens (tertiary/aromatic N) is 3. The number of likely N-dealkylation sites (N-methyl/N-ethyl adjacent to an activating group) is 1. The molecule has 226 valence electrons. The number of aryl methyl sites for hydroxylation is 1. The van der Waals surface area contributed by atoms with Crippen LogP contribution in [0.3, 0.4) is 0 Å². The van der Waals surface area contributed by atoms with Crippen LogP contribution in [0.15, 0.2) is 47.6 Å². The first-order valence-electron chi connectivity index (χ1n) is 14.8. The SMILES string of the molecule is CC(=O)NS(=O)(=O)CCCOc1c2c3c(c/c1=C1\C(=S)C(c4ccc(N(C)CCN5C=C5)cc4)=C1[S-])CCC[N+]=3CCC2. The van der Waals surface area contributed by atoms with Gasteiger partial charge in [-0.05, 0) is 54.2 Å². The lowest BCUT2D eigenvalue weighted by atomic mass is 9.83. The molecule has 0 spiro atoms. The Labute approximate surface area is 263 Å². The van der Waals surface area contributed by atoms with E-state index >= 15 is 0 Å². The summed E-state index contributed by atoms with van der Waals surface area (Å²) in [6, 6.07) is 10.6. The molecule has 1 aliphatic carbocycles. The van der Waals surface area contributed by atoms with Gasteiger partial charge in [0.05, 0.1) is 22.8 Å². The van der Waals surface area contributed by atoms with Crippen molar-refractivity contribution in [2.75, 3.05) is 50.5 Å². The molecule has 1 N–H and O–H groups in total. The van der Waals surface area contributed by atoms with E-state index in [1.807, 2.05) is 4.72 Å². The highest BCUT2D eigenvalue weighted by Gasteiger charge is 2.31. The van der Waals surface area contributed by atoms with Crippen LogP contribution in [0.1, 0.15) is 42.9 Å². The molecule has 11 heteroatoms. The maximum Gasteiger partial charge on any atom is 0.234 e. The first-order valence-corrected chi connectivity index (χ1v) is 17.3. The van der Waals surface area contributed by atoms with Crippen LogP contribution in [0.5, 0.6) is 5.75 Å². The fourth-order valence-corrected chi connectivity index (χ4v) is 8.28. The topological polar surface area (TPSA) is 81.7 Å². The molecule has 43 heavy (non-hydrogen) atoms. The molecule has 0 saturated heterocycles. The normalized spacial score (nSPS) is 18.3. The van der Waals surface area contributed by atoms with Crippen LogP contribution in [0.25, 0.3) is 11.1 Å². The lowest BCUT2D eigenvalue weighted by Gasteiger charge is -2.35. The molecule has 1 amide bonds. The van der Waals surface area contributed by atoms with Gasteiger partial charge in [0.15, 0.2) is 0 Å². The van der Waals surface area contributed by atoms with Gasteiger partial charge in [0.25, 0.3) is 0 Å². The molecule has 8 nitrogen and oxygen atoms in total. The number of sulfonamides is 1. The quantitative estimate of drug-likeness (QED) is 0.174. The standard InChI is InChI=1S/C32H36N4O4S3/c1-21(37)33-43(38,39)19-5-18-40-30-25-7-4-13-36-12-3-6-23(29(25)36)20-26(30)28-31(41)27(32(28)42)22-8-10-24(11-9-22)34(2)14-15-35-16-17-35/h8-11,16-17,20H,3-7,12-15,18-19H2,1-2H3,(H-,33,37,41,42). The minimum atomic E-state index is -3.70. The van der Waals surface area contributed by atoms with Gasteiger partial charge >= 0.3 is 0 Å². The van der Waals surface area contributed by atoms with E-state index in [1.165, 1.54) is 23.4 Å². The number of thiocarbonyl (C=S) groups is 1. The van der Waals surface area contributed by atoms with Gasteiger partial charge < -0.3 is 27.2 Å². The first-order chi connectivity index (χ1) is 20.6. The molecular formula is C32H36N4O4S3. The molecule has 0 atom stereocenters. The summed E-state index contributed by atoms with van der Waals surface area (Å²) in [5.74, 6) is -0.0253. The molecule has 0 radical (unpaired) electrons. The number of nitrogens with one attached hydrogen (secondary N) is 1. The third-order valence-electron chi connectivity index (χ3n) is 8.40. The molecule has 0 unspecified atom stereocenters. The van der Waals surface area contributed by atoms with Crippen molar-refractivity contribution in [1.82, 2.24) is 14.2 Å². The third kappa shape index (κ3) is 6.21. The summed E-state index contributed by atoms with van der Waals surface area (Å²) in [4.78, 5) is 17.1. The molecule has 3 aliphatic heterocycles. The van der Waals surface area contributed by atoms with Crippen molar-refractivity contribution in [2.45, 2.75) is 39.0 Å². The van der Waals surface area contributed by atoms with E-state index in [-0.39, 0.29) is 18.8 Å². The second-order valence-electron chi connectivity index (χ2n) is 11.5. The highest BCUT2D eigenvalue weighted by molar-refractivity contribution is 7.90. The second kappa shape index (κ2) is 12.0. The number of ether oxygens (including phenoxy) is 1. The maximum atomic E-state index is 12.2. The molecule has 3 heterocycles. The van der Waals surface area contributed by atoms with Gasteiger partial charge in [-0.3, -0.25) is 9.52 Å². The highest BCUT2D eigenvalue weighted by atomic mass is 32.2. The molecule has 0 fully saturated rings. The monoisotopic (exact) mass is 636 g/mol. The van der Waals surface area contributed by atoms with Crippen molar-refractivity contribution >= 4 is 62.5 Å². The zero-order valence-corrected chi connectivity index (χ0v) is 27.0. The van der Waals surface area contributed by atoms with Crippen molar-refractivity contribution in [2.24, 2.45) is 0 Å². The van der Waals surface area contributed by atoms with Crippen LogP contribution in [-0.2, 0) is 40.3 Å². The van der Waals surface area contributed by atoms with Crippen LogP contribution >= 0.6 is 12.2 Å². The lowest BCUT2D eigenvalue weighted by Crippen LogP contribution is -2.45. The van der Waals surface area contributed by atoms with Gasteiger partial charge in [0, 0.05) is 68.8 Å². The lowest BCUT2D eigenvalue weighted by molar-refractivity contribution is -0.117. The third-order valence-corrected chi connectivity index (χ3v) is 10.6. The van der Waals surface area contributed by atoms with E-state index < -0.39 is 15.9 Å². The summed E-state index contributed by atoms with van der Waals surface area (Å²) in [5, 5.41) is 2.18. The van der Waals surface area contributed by atoms with E-state index in [0.717, 1.165) is 95.0 Å². The van der Waals surface area contributed by atoms with Crippen molar-refractivity contribution in [3.63, 3.8) is 0 Å². The van der Waals surface area contributed by atoms with Crippen molar-refractivity contribution in [3.05, 3.63) is 74.9 Å². The summed E-state index contributed by atoms with van der Waals surface area (Å²) in [6.45, 7) is 5.34. The Morgan fingerprint density at radius 1 is 1.14 bits per heavy atom. The van der Waals surface area contributed by atoms with E-state index in [1.54, 1.807) is 0 Å². The fourth-order valence-electron chi connectivity index (χ4n) is 6.25. The van der Waals surface area contributed by atoms with Gasteiger partial charge in [-0.15, -0.1) is 0 Å². The molecule has 2 aromatic carbocycles. The number of allylic oxidation sites excluding steroid dienone is 2. The van der Waals surface area contributed by atoms with Crippen molar-refractivity contribution in [1.29, 1.82) is 0 Å². The van der Waals surface area contributed by atoms with Crippen molar-refractivity contribution in [3.8, 4) is 5.75 Å². The van der Waals surface area contributed by atoms with Gasteiger partial charge in [-0.1, -0.05) is 24.4 Å². The molecule has 0 saturated carbocycles. The number of rotatable bonds is 11. The molecular weight excluding hydrogens is 601 g/mol. The number of anilines is 1. The Morgan fingerprint density at radius 3 is 2.53 bits per heavy atom. The van der Waals surface area contributed by atoms with E-state index in [4.69, 9.17) is 29.6 Å². The number of carbonyl (C=O) groups is 1. The molecule has 4 aliphatic rings. The predicted molar refractivity (Wildman–Crippen MR) is 177 cm³/mol. The number of amides is 1. The highest BCUT2D eigenvalue weighted by Crippen LogP contribution is 2.40. The maximum absolute atomic E-state index is 12.2. The average Bonchev–Trinajstić information content (AvgIpc) is 3.80. The Balaban J connectivity index is 1.33. The van der Waals surface area contributed by atoms with Gasteiger partial charge in [-0.25, -0.2) is 13.0 Å². The van der Waals surface area contributed by atoms with Gasteiger partial charge in [0.2, 0.25) is 21.3 Å². The van der Waals surface area contributed by atoms with E-state index in [0.29, 0.717) is 0 Å². The van der Waals surface area contributed by atoms with Crippen LogP contribution < -0.4 is 29.5 Å². The zero-order valence-electron chi connectivity index (χ0n) is 24.5. The van der Waals surface area contributed by atoms with E-state index in [2.05, 4.69) is 64.2 Å². The van der Waals surface area contributed by atoms with Gasteiger partial charge in [0.1, 0.15) is 18.8 Å². The predicted octanol–water partition coefficient (Wildman–Crippen LogP) is 2.02. The second-order valence-corrected chi connectivity index (χ2v) is 14.2. The minimum Gasteiger partial charge on any atom is -0.778 e. The Bertz CT molecular complexity index is 1790. The number of carbonyl (C=O) groups excluding carboxylic acids is 1. The van der Waals surface area contributed by atoms with E-state index in [9.17, 15) is 13.2 Å². The number of hydrogen-bond acceptors (Lipinski definition) is 8. The summed E-state index contributed by atoms with van der Waals surface area (Å²) in [7, 11) is -1.60. The average molecular weight is 637 g/mol. The molecule has 0 bridgehead atoms.